The highest BCUT2D eigenvalue weighted by Gasteiger charge is 2.12. The molecule has 14 heavy (non-hydrogen) atoms. The molecule has 1 aromatic rings. The molecule has 0 radical (unpaired) electrons. The van der Waals surface area contributed by atoms with Gasteiger partial charge in [0.1, 0.15) is 0 Å². The molecule has 2 rings (SSSR count). The zero-order chi connectivity index (χ0) is 9.97. The van der Waals surface area contributed by atoms with Gasteiger partial charge in [0.25, 0.3) is 0 Å². The molecular weight excluding hydrogens is 174 g/mol. The minimum atomic E-state index is 0.896. The minimum Gasteiger partial charge on any atom is -0.310 e. The van der Waals surface area contributed by atoms with E-state index in [0.717, 1.165) is 26.1 Å². The Morgan fingerprint density at radius 3 is 2.79 bits per heavy atom. The van der Waals surface area contributed by atoms with Crippen molar-refractivity contribution in [3.8, 4) is 0 Å². The number of likely N-dealkylation sites (N-methyl/N-ethyl adjacent to an activating group) is 1. The van der Waals surface area contributed by atoms with Crippen LogP contribution in [0.4, 0.5) is 5.69 Å². The number of hydrazine groups is 1. The first-order valence-corrected chi connectivity index (χ1v) is 5.06. The number of nitrogens with zero attached hydrogens (tertiary/aromatic N) is 2. The molecule has 3 nitrogen and oxygen atoms in total. The normalized spacial score (nSPS) is 18.6. The number of hydrogen-bond donors (Lipinski definition) is 1. The Kier molecular flexibility index (Phi) is 2.70. The fraction of sp³-hybridized carbons (Fsp3) is 0.455. The summed E-state index contributed by atoms with van der Waals surface area (Å²) in [4.78, 5) is 2.32. The Morgan fingerprint density at radius 1 is 1.14 bits per heavy atom. The lowest BCUT2D eigenvalue weighted by molar-refractivity contribution is 0.339. The van der Waals surface area contributed by atoms with Gasteiger partial charge in [-0.15, -0.1) is 0 Å². The Labute approximate surface area is 85.1 Å². The van der Waals surface area contributed by atoms with Gasteiger partial charge in [0, 0.05) is 19.6 Å². The quantitative estimate of drug-likeness (QED) is 0.617. The molecule has 0 fully saturated rings. The number of benzene rings is 1. The van der Waals surface area contributed by atoms with Crippen molar-refractivity contribution in [3.05, 3.63) is 29.8 Å². The first kappa shape index (κ1) is 9.49. The summed E-state index contributed by atoms with van der Waals surface area (Å²) in [6.45, 7) is 3.04. The summed E-state index contributed by atoms with van der Waals surface area (Å²) >= 11 is 0. The van der Waals surface area contributed by atoms with E-state index in [-0.39, 0.29) is 0 Å². The smallest absolute Gasteiger partial charge is 0.0550 e. The summed E-state index contributed by atoms with van der Waals surface area (Å²) < 4.78 is 0. The van der Waals surface area contributed by atoms with Crippen molar-refractivity contribution < 1.29 is 0 Å². The summed E-state index contributed by atoms with van der Waals surface area (Å²) in [5, 5.41) is 1.85. The van der Waals surface area contributed by atoms with Gasteiger partial charge in [0.2, 0.25) is 0 Å². The predicted molar refractivity (Wildman–Crippen MR) is 59.2 cm³/mol. The summed E-state index contributed by atoms with van der Waals surface area (Å²) in [6, 6.07) is 8.38. The van der Waals surface area contributed by atoms with E-state index in [9.17, 15) is 0 Å². The van der Waals surface area contributed by atoms with E-state index >= 15 is 0 Å². The molecule has 1 aromatic carbocycles. The molecule has 1 aliphatic heterocycles. The largest absolute Gasteiger partial charge is 0.310 e. The lowest BCUT2D eigenvalue weighted by Crippen LogP contribution is -2.41. The second-order valence-corrected chi connectivity index (χ2v) is 3.88. The third-order valence-electron chi connectivity index (χ3n) is 2.79. The van der Waals surface area contributed by atoms with Crippen LogP contribution >= 0.6 is 0 Å². The molecule has 0 spiro atoms. The summed E-state index contributed by atoms with van der Waals surface area (Å²) in [6.07, 6.45) is 1.08. The molecule has 0 aliphatic carbocycles. The maximum Gasteiger partial charge on any atom is 0.0550 e. The van der Waals surface area contributed by atoms with E-state index in [1.807, 2.05) is 11.1 Å². The Morgan fingerprint density at radius 2 is 1.93 bits per heavy atom. The van der Waals surface area contributed by atoms with Gasteiger partial charge < -0.3 is 9.91 Å². The van der Waals surface area contributed by atoms with E-state index in [0.29, 0.717) is 0 Å². The standard InChI is InChI=1S/C11H17N3/c1-13-7-6-10-4-2-3-5-11(10)14(12)9-8-13/h2-5H,6-9,12H2,1H3. The van der Waals surface area contributed by atoms with E-state index in [4.69, 9.17) is 5.84 Å². The maximum atomic E-state index is 5.98. The zero-order valence-electron chi connectivity index (χ0n) is 8.61. The molecule has 0 unspecified atom stereocenters. The number of rotatable bonds is 0. The SMILES string of the molecule is CN1CCc2ccccc2N(N)CC1. The van der Waals surface area contributed by atoms with Crippen LogP contribution < -0.4 is 10.9 Å². The van der Waals surface area contributed by atoms with Crippen LogP contribution in [0.2, 0.25) is 0 Å². The second-order valence-electron chi connectivity index (χ2n) is 3.88. The second kappa shape index (κ2) is 3.98. The number of anilines is 1. The summed E-state index contributed by atoms with van der Waals surface area (Å²) in [5.41, 5.74) is 2.53. The molecule has 0 atom stereocenters. The molecule has 2 N–H and O–H groups in total. The monoisotopic (exact) mass is 191 g/mol. The van der Waals surface area contributed by atoms with Gasteiger partial charge in [-0.3, -0.25) is 0 Å². The van der Waals surface area contributed by atoms with Gasteiger partial charge in [-0.05, 0) is 25.1 Å². The van der Waals surface area contributed by atoms with Crippen LogP contribution in [-0.2, 0) is 6.42 Å². The van der Waals surface area contributed by atoms with Crippen molar-refractivity contribution in [2.45, 2.75) is 6.42 Å². The fourth-order valence-electron chi connectivity index (χ4n) is 1.82. The average Bonchev–Trinajstić information content (AvgIpc) is 2.21. The molecule has 0 bridgehead atoms. The van der Waals surface area contributed by atoms with Crippen LogP contribution in [0.5, 0.6) is 0 Å². The van der Waals surface area contributed by atoms with Crippen molar-refractivity contribution >= 4 is 5.69 Å². The summed E-state index contributed by atoms with van der Waals surface area (Å²) in [5.74, 6) is 5.98. The Hall–Kier alpha value is -1.06. The average molecular weight is 191 g/mol. The highest BCUT2D eigenvalue weighted by molar-refractivity contribution is 5.52. The third kappa shape index (κ3) is 1.89. The van der Waals surface area contributed by atoms with Crippen LogP contribution in [0.3, 0.4) is 0 Å². The molecule has 0 amide bonds. The van der Waals surface area contributed by atoms with Gasteiger partial charge in [0.05, 0.1) is 5.69 Å². The third-order valence-corrected chi connectivity index (χ3v) is 2.79. The number of hydrogen-bond acceptors (Lipinski definition) is 3. The maximum absolute atomic E-state index is 5.98. The lowest BCUT2D eigenvalue weighted by atomic mass is 10.1. The predicted octanol–water partition coefficient (Wildman–Crippen LogP) is 0.855. The molecule has 76 valence electrons. The van der Waals surface area contributed by atoms with Crippen LogP contribution in [0.25, 0.3) is 0 Å². The number of nitrogens with two attached hydrogens (primary N) is 1. The molecule has 0 saturated heterocycles. The molecular formula is C11H17N3. The van der Waals surface area contributed by atoms with Gasteiger partial charge in [0.15, 0.2) is 0 Å². The number of fused-ring (bicyclic) bond motifs is 1. The minimum absolute atomic E-state index is 0.896. The fourth-order valence-corrected chi connectivity index (χ4v) is 1.82. The van der Waals surface area contributed by atoms with Gasteiger partial charge in [-0.1, -0.05) is 18.2 Å². The van der Waals surface area contributed by atoms with Crippen LogP contribution in [-0.4, -0.2) is 31.6 Å². The highest BCUT2D eigenvalue weighted by atomic mass is 15.4. The first-order valence-electron chi connectivity index (χ1n) is 5.06. The number of para-hydroxylation sites is 1. The molecule has 1 aliphatic rings. The van der Waals surface area contributed by atoms with Crippen LogP contribution in [0, 0.1) is 0 Å². The van der Waals surface area contributed by atoms with Gasteiger partial charge in [-0.2, -0.15) is 0 Å². The van der Waals surface area contributed by atoms with Crippen molar-refractivity contribution in [1.82, 2.24) is 4.90 Å². The van der Waals surface area contributed by atoms with Crippen molar-refractivity contribution in [2.24, 2.45) is 5.84 Å². The topological polar surface area (TPSA) is 32.5 Å². The van der Waals surface area contributed by atoms with Crippen molar-refractivity contribution in [3.63, 3.8) is 0 Å². The van der Waals surface area contributed by atoms with Crippen molar-refractivity contribution in [1.29, 1.82) is 0 Å². The van der Waals surface area contributed by atoms with E-state index < -0.39 is 0 Å². The van der Waals surface area contributed by atoms with Gasteiger partial charge >= 0.3 is 0 Å². The molecule has 3 heteroatoms. The zero-order valence-corrected chi connectivity index (χ0v) is 8.61. The summed E-state index contributed by atoms with van der Waals surface area (Å²) in [7, 11) is 2.14. The van der Waals surface area contributed by atoms with Crippen LogP contribution in [0.15, 0.2) is 24.3 Å². The Bertz CT molecular complexity index is 311. The molecule has 0 aromatic heterocycles. The van der Waals surface area contributed by atoms with E-state index in [1.165, 1.54) is 11.3 Å². The lowest BCUT2D eigenvalue weighted by Gasteiger charge is -2.28. The Balaban J connectivity index is 2.28. The van der Waals surface area contributed by atoms with E-state index in [2.05, 4.69) is 30.1 Å². The first-order chi connectivity index (χ1) is 6.77. The van der Waals surface area contributed by atoms with Crippen LogP contribution in [0.1, 0.15) is 5.56 Å². The molecule has 1 heterocycles. The van der Waals surface area contributed by atoms with Crippen molar-refractivity contribution in [2.75, 3.05) is 31.7 Å². The highest BCUT2D eigenvalue weighted by Crippen LogP contribution is 2.19. The van der Waals surface area contributed by atoms with E-state index in [1.54, 1.807) is 0 Å². The molecule has 0 saturated carbocycles. The van der Waals surface area contributed by atoms with Gasteiger partial charge in [-0.25, -0.2) is 5.84 Å².